The second-order valence-corrected chi connectivity index (χ2v) is 7.01. The molecule has 0 saturated carbocycles. The number of aromatic nitrogens is 1. The van der Waals surface area contributed by atoms with Gasteiger partial charge >= 0.3 is 0 Å². The minimum absolute atomic E-state index is 0.0456. The monoisotopic (exact) mass is 348 g/mol. The number of para-hydroxylation sites is 1. The maximum absolute atomic E-state index is 12.6. The molecule has 26 heavy (non-hydrogen) atoms. The molecule has 3 aromatic rings. The summed E-state index contributed by atoms with van der Waals surface area (Å²) in [4.78, 5) is 17.8. The van der Waals surface area contributed by atoms with Gasteiger partial charge in [-0.25, -0.2) is 0 Å². The average Bonchev–Trinajstić information content (AvgIpc) is 2.67. The molecular weight excluding hydrogens is 324 g/mol. The highest BCUT2D eigenvalue weighted by Gasteiger charge is 2.26. The van der Waals surface area contributed by atoms with Gasteiger partial charge in [0, 0.05) is 30.2 Å². The summed E-state index contributed by atoms with van der Waals surface area (Å²) in [5.74, 6) is 0. The lowest BCUT2D eigenvalue weighted by Gasteiger charge is -2.35. The van der Waals surface area contributed by atoms with Crippen molar-refractivity contribution in [3.63, 3.8) is 0 Å². The van der Waals surface area contributed by atoms with Crippen LogP contribution in [0.1, 0.15) is 35.6 Å². The Kier molecular flexibility index (Phi) is 4.87. The standard InChI is InChI=1S/C22H24N2O2/c25-13-12-24(21-11-5-8-16-6-1-3-9-19(16)21)15-18-14-17-7-2-4-10-20(17)23-22(18)26/h1-4,6-7,9-10,14,21,25H,5,8,11-13,15H2,(H,23,26)/t21-/m0/s1. The third kappa shape index (κ3) is 3.30. The van der Waals surface area contributed by atoms with Gasteiger partial charge in [0.05, 0.1) is 6.61 Å². The SMILES string of the molecule is O=c1[nH]c2ccccc2cc1CN(CCO)[C@H]1CCCc2ccccc21. The molecule has 4 rings (SSSR count). The van der Waals surface area contributed by atoms with Crippen LogP contribution < -0.4 is 5.56 Å². The first-order chi connectivity index (χ1) is 12.8. The second kappa shape index (κ2) is 7.44. The normalized spacial score (nSPS) is 16.8. The fourth-order valence-corrected chi connectivity index (χ4v) is 4.11. The molecule has 0 bridgehead atoms. The van der Waals surface area contributed by atoms with Gasteiger partial charge in [-0.1, -0.05) is 42.5 Å². The van der Waals surface area contributed by atoms with Gasteiger partial charge in [-0.15, -0.1) is 0 Å². The quantitative estimate of drug-likeness (QED) is 0.743. The van der Waals surface area contributed by atoms with E-state index in [1.165, 1.54) is 11.1 Å². The van der Waals surface area contributed by atoms with Crippen LogP contribution in [0.25, 0.3) is 10.9 Å². The molecule has 1 aliphatic carbocycles. The Labute approximate surface area is 153 Å². The van der Waals surface area contributed by atoms with Crippen molar-refractivity contribution in [3.8, 4) is 0 Å². The zero-order chi connectivity index (χ0) is 17.9. The Morgan fingerprint density at radius 3 is 2.81 bits per heavy atom. The van der Waals surface area contributed by atoms with Crippen LogP contribution in [0.15, 0.2) is 59.4 Å². The highest BCUT2D eigenvalue weighted by Crippen LogP contribution is 2.34. The van der Waals surface area contributed by atoms with Crippen molar-refractivity contribution < 1.29 is 5.11 Å². The van der Waals surface area contributed by atoms with E-state index in [9.17, 15) is 9.90 Å². The van der Waals surface area contributed by atoms with Crippen molar-refractivity contribution in [2.45, 2.75) is 31.8 Å². The minimum atomic E-state index is -0.0456. The molecule has 0 spiro atoms. The van der Waals surface area contributed by atoms with Crippen LogP contribution in [-0.2, 0) is 13.0 Å². The summed E-state index contributed by atoms with van der Waals surface area (Å²) < 4.78 is 0. The zero-order valence-electron chi connectivity index (χ0n) is 14.8. The smallest absolute Gasteiger partial charge is 0.252 e. The number of aliphatic hydroxyl groups is 1. The van der Waals surface area contributed by atoms with Gasteiger partial charge in [-0.2, -0.15) is 0 Å². The number of aromatic amines is 1. The number of hydrogen-bond donors (Lipinski definition) is 2. The summed E-state index contributed by atoms with van der Waals surface area (Å²) in [5, 5.41) is 10.6. The topological polar surface area (TPSA) is 56.3 Å². The first-order valence-electron chi connectivity index (χ1n) is 9.30. The maximum Gasteiger partial charge on any atom is 0.252 e. The molecule has 0 radical (unpaired) electrons. The Morgan fingerprint density at radius 1 is 1.12 bits per heavy atom. The van der Waals surface area contributed by atoms with Crippen LogP contribution in [-0.4, -0.2) is 28.1 Å². The average molecular weight is 348 g/mol. The summed E-state index contributed by atoms with van der Waals surface area (Å²) in [7, 11) is 0. The van der Waals surface area contributed by atoms with Crippen molar-refractivity contribution in [2.75, 3.05) is 13.2 Å². The Morgan fingerprint density at radius 2 is 1.92 bits per heavy atom. The largest absolute Gasteiger partial charge is 0.395 e. The van der Waals surface area contributed by atoms with Gasteiger partial charge in [-0.05, 0) is 47.9 Å². The maximum atomic E-state index is 12.6. The summed E-state index contributed by atoms with van der Waals surface area (Å²) in [6.07, 6.45) is 3.30. The predicted molar refractivity (Wildman–Crippen MR) is 104 cm³/mol. The van der Waals surface area contributed by atoms with Crippen molar-refractivity contribution >= 4 is 10.9 Å². The number of rotatable bonds is 5. The van der Waals surface area contributed by atoms with E-state index in [-0.39, 0.29) is 18.2 Å². The Bertz CT molecular complexity index is 964. The first-order valence-corrected chi connectivity index (χ1v) is 9.30. The van der Waals surface area contributed by atoms with Crippen LogP contribution in [0.2, 0.25) is 0 Å². The van der Waals surface area contributed by atoms with Gasteiger partial charge < -0.3 is 10.1 Å². The first kappa shape index (κ1) is 17.0. The van der Waals surface area contributed by atoms with E-state index in [0.717, 1.165) is 35.7 Å². The van der Waals surface area contributed by atoms with Crippen molar-refractivity contribution in [2.24, 2.45) is 0 Å². The van der Waals surface area contributed by atoms with Crippen LogP contribution in [0.5, 0.6) is 0 Å². The summed E-state index contributed by atoms with van der Waals surface area (Å²) >= 11 is 0. The lowest BCUT2D eigenvalue weighted by molar-refractivity contribution is 0.131. The molecule has 0 amide bonds. The number of nitrogens with zero attached hydrogens (tertiary/aromatic N) is 1. The van der Waals surface area contributed by atoms with Crippen molar-refractivity contribution in [3.05, 3.63) is 81.6 Å². The van der Waals surface area contributed by atoms with Crippen molar-refractivity contribution in [1.82, 2.24) is 9.88 Å². The number of H-pyrrole nitrogens is 1. The molecule has 2 N–H and O–H groups in total. The lowest BCUT2D eigenvalue weighted by atomic mass is 9.86. The number of hydrogen-bond acceptors (Lipinski definition) is 3. The minimum Gasteiger partial charge on any atom is -0.395 e. The van der Waals surface area contributed by atoms with E-state index in [1.54, 1.807) is 0 Å². The number of pyridine rings is 1. The third-order valence-corrected chi connectivity index (χ3v) is 5.37. The molecule has 0 fully saturated rings. The van der Waals surface area contributed by atoms with E-state index in [4.69, 9.17) is 0 Å². The number of fused-ring (bicyclic) bond motifs is 2. The lowest BCUT2D eigenvalue weighted by Crippen LogP contribution is -2.35. The fraction of sp³-hybridized carbons (Fsp3) is 0.318. The molecule has 4 heteroatoms. The molecule has 1 atom stereocenters. The molecule has 1 heterocycles. The zero-order valence-corrected chi connectivity index (χ0v) is 14.8. The van der Waals surface area contributed by atoms with E-state index in [0.29, 0.717) is 13.1 Å². The van der Waals surface area contributed by atoms with Crippen LogP contribution in [0, 0.1) is 0 Å². The predicted octanol–water partition coefficient (Wildman–Crippen LogP) is 3.40. The summed E-state index contributed by atoms with van der Waals surface area (Å²) in [5.41, 5.74) is 4.29. The van der Waals surface area contributed by atoms with Gasteiger partial charge in [0.25, 0.3) is 5.56 Å². The van der Waals surface area contributed by atoms with E-state index < -0.39 is 0 Å². The number of aliphatic hydroxyl groups excluding tert-OH is 1. The Hall–Kier alpha value is -2.43. The highest BCUT2D eigenvalue weighted by atomic mass is 16.3. The molecule has 1 aromatic heterocycles. The fourth-order valence-electron chi connectivity index (χ4n) is 4.11. The molecular formula is C22H24N2O2. The third-order valence-electron chi connectivity index (χ3n) is 5.37. The van der Waals surface area contributed by atoms with Crippen molar-refractivity contribution in [1.29, 1.82) is 0 Å². The van der Waals surface area contributed by atoms with Gasteiger partial charge in [0.15, 0.2) is 0 Å². The number of benzene rings is 2. The van der Waals surface area contributed by atoms with E-state index in [1.807, 2.05) is 30.3 Å². The summed E-state index contributed by atoms with van der Waals surface area (Å²) in [6, 6.07) is 18.6. The van der Waals surface area contributed by atoms with E-state index in [2.05, 4.69) is 34.1 Å². The molecule has 0 saturated heterocycles. The molecule has 134 valence electrons. The van der Waals surface area contributed by atoms with Gasteiger partial charge in [-0.3, -0.25) is 9.69 Å². The van der Waals surface area contributed by atoms with Crippen LogP contribution in [0.3, 0.4) is 0 Å². The summed E-state index contributed by atoms with van der Waals surface area (Å²) in [6.45, 7) is 1.19. The molecule has 2 aromatic carbocycles. The number of aryl methyl sites for hydroxylation is 1. The highest BCUT2D eigenvalue weighted by molar-refractivity contribution is 5.78. The van der Waals surface area contributed by atoms with Crippen LogP contribution >= 0.6 is 0 Å². The van der Waals surface area contributed by atoms with Gasteiger partial charge in [0.1, 0.15) is 0 Å². The van der Waals surface area contributed by atoms with Gasteiger partial charge in [0.2, 0.25) is 0 Å². The second-order valence-electron chi connectivity index (χ2n) is 7.01. The molecule has 0 aliphatic heterocycles. The number of nitrogens with one attached hydrogen (secondary N) is 1. The van der Waals surface area contributed by atoms with Crippen LogP contribution in [0.4, 0.5) is 0 Å². The Balaban J connectivity index is 1.68. The molecule has 4 nitrogen and oxygen atoms in total. The van der Waals surface area contributed by atoms with E-state index >= 15 is 0 Å². The molecule has 1 aliphatic rings. The molecule has 0 unspecified atom stereocenters.